The van der Waals surface area contributed by atoms with Crippen molar-refractivity contribution in [3.8, 4) is 0 Å². The van der Waals surface area contributed by atoms with Gasteiger partial charge in [-0.2, -0.15) is 9.40 Å². The molecular weight excluding hydrogens is 288 g/mol. The maximum Gasteiger partial charge on any atom is 0.262 e. The van der Waals surface area contributed by atoms with Crippen molar-refractivity contribution < 1.29 is 8.42 Å². The maximum absolute atomic E-state index is 12.6. The van der Waals surface area contributed by atoms with Crippen LogP contribution in [0.2, 0.25) is 0 Å². The first-order chi connectivity index (χ1) is 9.86. The van der Waals surface area contributed by atoms with Gasteiger partial charge < -0.3 is 5.73 Å². The van der Waals surface area contributed by atoms with Crippen molar-refractivity contribution >= 4 is 10.0 Å². The van der Waals surface area contributed by atoms with Crippen molar-refractivity contribution in [3.63, 3.8) is 0 Å². The van der Waals surface area contributed by atoms with Crippen molar-refractivity contribution in [1.29, 1.82) is 0 Å². The second-order valence-corrected chi connectivity index (χ2v) is 7.04. The first-order valence-electron chi connectivity index (χ1n) is 6.62. The summed E-state index contributed by atoms with van der Waals surface area (Å²) in [5.74, 6) is 0. The summed E-state index contributed by atoms with van der Waals surface area (Å²) in [7, 11) is -2.12. The molecule has 1 heterocycles. The topological polar surface area (TPSA) is 92.1 Å². The molecule has 0 bridgehead atoms. The van der Waals surface area contributed by atoms with Gasteiger partial charge in [-0.25, -0.2) is 8.42 Å². The average molecular weight is 308 g/mol. The van der Waals surface area contributed by atoms with E-state index in [9.17, 15) is 8.42 Å². The van der Waals surface area contributed by atoms with E-state index in [4.69, 9.17) is 5.73 Å². The quantitative estimate of drug-likeness (QED) is 0.871. The van der Waals surface area contributed by atoms with Gasteiger partial charge in [0.05, 0.1) is 0 Å². The molecule has 1 aromatic heterocycles. The Labute approximate surface area is 125 Å². The summed E-state index contributed by atoms with van der Waals surface area (Å²) >= 11 is 0. The molecular formula is C14H20N4O2S. The zero-order chi connectivity index (χ0) is 15.6. The van der Waals surface area contributed by atoms with Crippen molar-refractivity contribution in [2.24, 2.45) is 5.73 Å². The Kier molecular flexibility index (Phi) is 4.46. The van der Waals surface area contributed by atoms with Crippen molar-refractivity contribution in [2.45, 2.75) is 32.0 Å². The van der Waals surface area contributed by atoms with Crippen LogP contribution in [-0.2, 0) is 23.1 Å². The molecule has 2 aromatic rings. The molecule has 21 heavy (non-hydrogen) atoms. The van der Waals surface area contributed by atoms with Gasteiger partial charge >= 0.3 is 0 Å². The lowest BCUT2D eigenvalue weighted by molar-refractivity contribution is 0.463. The normalized spacial score (nSPS) is 12.0. The van der Waals surface area contributed by atoms with Crippen molar-refractivity contribution in [1.82, 2.24) is 14.5 Å². The van der Waals surface area contributed by atoms with Crippen LogP contribution in [0.4, 0.5) is 0 Å². The molecule has 0 unspecified atom stereocenters. The first kappa shape index (κ1) is 15.7. The molecule has 0 spiro atoms. The minimum Gasteiger partial charge on any atom is -0.326 e. The number of aromatic nitrogens is 2. The number of nitrogens with zero attached hydrogens (tertiary/aromatic N) is 2. The highest BCUT2D eigenvalue weighted by molar-refractivity contribution is 7.89. The van der Waals surface area contributed by atoms with Gasteiger partial charge in [0, 0.05) is 31.4 Å². The van der Waals surface area contributed by atoms with Crippen LogP contribution in [0.1, 0.15) is 22.4 Å². The number of H-pyrrole nitrogens is 1. The van der Waals surface area contributed by atoms with Gasteiger partial charge in [-0.1, -0.05) is 29.8 Å². The maximum atomic E-state index is 12.6. The third kappa shape index (κ3) is 3.15. The number of rotatable bonds is 5. The molecule has 0 aliphatic carbocycles. The molecule has 0 aliphatic heterocycles. The molecule has 0 saturated carbocycles. The van der Waals surface area contributed by atoms with E-state index in [1.54, 1.807) is 14.0 Å². The third-order valence-electron chi connectivity index (χ3n) is 3.42. The smallest absolute Gasteiger partial charge is 0.262 e. The standard InChI is InChI=1S/C14H20N4O2S/c1-10-4-6-12(7-5-10)9-18(3)21(19,20)14-13(8-15)11(2)16-17-14/h4-7H,8-9,15H2,1-3H3,(H,16,17). The molecule has 114 valence electrons. The Bertz CT molecular complexity index is 720. The van der Waals surface area contributed by atoms with Crippen molar-refractivity contribution in [3.05, 3.63) is 46.6 Å². The van der Waals surface area contributed by atoms with Gasteiger partial charge in [-0.15, -0.1) is 0 Å². The minimum absolute atomic E-state index is 0.0112. The lowest BCUT2D eigenvalue weighted by Crippen LogP contribution is -2.28. The highest BCUT2D eigenvalue weighted by Gasteiger charge is 2.27. The number of benzene rings is 1. The molecule has 3 N–H and O–H groups in total. The first-order valence-corrected chi connectivity index (χ1v) is 8.06. The van der Waals surface area contributed by atoms with Crippen LogP contribution in [0, 0.1) is 13.8 Å². The van der Waals surface area contributed by atoms with E-state index >= 15 is 0 Å². The van der Waals surface area contributed by atoms with Crippen LogP contribution in [-0.4, -0.2) is 30.0 Å². The van der Waals surface area contributed by atoms with E-state index in [2.05, 4.69) is 10.2 Å². The van der Waals surface area contributed by atoms with E-state index < -0.39 is 10.0 Å². The van der Waals surface area contributed by atoms with E-state index in [0.29, 0.717) is 17.8 Å². The summed E-state index contributed by atoms with van der Waals surface area (Å²) < 4.78 is 26.5. The van der Waals surface area contributed by atoms with Crippen LogP contribution in [0.3, 0.4) is 0 Å². The van der Waals surface area contributed by atoms with Gasteiger partial charge in [0.1, 0.15) is 0 Å². The van der Waals surface area contributed by atoms with Crippen LogP contribution in [0.5, 0.6) is 0 Å². The predicted octanol–water partition coefficient (Wildman–Crippen LogP) is 1.31. The van der Waals surface area contributed by atoms with Crippen LogP contribution < -0.4 is 5.73 Å². The van der Waals surface area contributed by atoms with E-state index in [1.165, 1.54) is 4.31 Å². The number of hydrogen-bond donors (Lipinski definition) is 2. The fourth-order valence-corrected chi connectivity index (χ4v) is 3.39. The van der Waals surface area contributed by atoms with Gasteiger partial charge in [-0.05, 0) is 19.4 Å². The molecule has 0 saturated heterocycles. The number of aryl methyl sites for hydroxylation is 2. The highest BCUT2D eigenvalue weighted by atomic mass is 32.2. The Morgan fingerprint density at radius 3 is 2.43 bits per heavy atom. The van der Waals surface area contributed by atoms with Gasteiger partial charge in [0.2, 0.25) is 0 Å². The van der Waals surface area contributed by atoms with E-state index in [0.717, 1.165) is 11.1 Å². The number of nitrogens with two attached hydrogens (primary N) is 1. The largest absolute Gasteiger partial charge is 0.326 e. The Hall–Kier alpha value is -1.70. The molecule has 6 nitrogen and oxygen atoms in total. The van der Waals surface area contributed by atoms with Crippen molar-refractivity contribution in [2.75, 3.05) is 7.05 Å². The molecule has 0 atom stereocenters. The predicted molar refractivity (Wildman–Crippen MR) is 81.0 cm³/mol. The van der Waals surface area contributed by atoms with Crippen LogP contribution in [0.15, 0.2) is 29.3 Å². The Morgan fingerprint density at radius 2 is 1.86 bits per heavy atom. The number of hydrogen-bond acceptors (Lipinski definition) is 4. The van der Waals surface area contributed by atoms with Gasteiger partial charge in [-0.3, -0.25) is 5.10 Å². The third-order valence-corrected chi connectivity index (χ3v) is 5.20. The summed E-state index contributed by atoms with van der Waals surface area (Å²) in [6.07, 6.45) is 0. The second-order valence-electron chi connectivity index (χ2n) is 5.08. The van der Waals surface area contributed by atoms with Crippen LogP contribution in [0.25, 0.3) is 0 Å². The summed E-state index contributed by atoms with van der Waals surface area (Å²) in [6.45, 7) is 4.17. The summed E-state index contributed by atoms with van der Waals surface area (Å²) in [4.78, 5) is 0. The molecule has 0 amide bonds. The fraction of sp³-hybridized carbons (Fsp3) is 0.357. The zero-order valence-electron chi connectivity index (χ0n) is 12.4. The van der Waals surface area contributed by atoms with E-state index in [1.807, 2.05) is 31.2 Å². The lowest BCUT2D eigenvalue weighted by atomic mass is 10.1. The monoisotopic (exact) mass is 308 g/mol. The van der Waals surface area contributed by atoms with Gasteiger partial charge in [0.15, 0.2) is 5.03 Å². The Balaban J connectivity index is 2.28. The second kappa shape index (κ2) is 5.97. The summed E-state index contributed by atoms with van der Waals surface area (Å²) in [5.41, 5.74) is 8.89. The fourth-order valence-electron chi connectivity index (χ4n) is 2.07. The summed E-state index contributed by atoms with van der Waals surface area (Å²) in [6, 6.07) is 7.75. The summed E-state index contributed by atoms with van der Waals surface area (Å²) in [5, 5.41) is 6.60. The lowest BCUT2D eigenvalue weighted by Gasteiger charge is -2.16. The van der Waals surface area contributed by atoms with E-state index in [-0.39, 0.29) is 11.6 Å². The average Bonchev–Trinajstić information content (AvgIpc) is 2.82. The molecule has 2 rings (SSSR count). The molecule has 0 radical (unpaired) electrons. The SMILES string of the molecule is Cc1ccc(CN(C)S(=O)(=O)c2n[nH]c(C)c2CN)cc1. The number of aromatic amines is 1. The minimum atomic E-state index is -3.66. The number of nitrogens with one attached hydrogen (secondary N) is 1. The molecule has 0 fully saturated rings. The Morgan fingerprint density at radius 1 is 1.24 bits per heavy atom. The molecule has 7 heteroatoms. The van der Waals surface area contributed by atoms with Crippen LogP contribution >= 0.6 is 0 Å². The number of sulfonamides is 1. The zero-order valence-corrected chi connectivity index (χ0v) is 13.2. The molecule has 0 aliphatic rings. The highest BCUT2D eigenvalue weighted by Crippen LogP contribution is 2.20. The molecule has 1 aromatic carbocycles. The van der Waals surface area contributed by atoms with Gasteiger partial charge in [0.25, 0.3) is 10.0 Å².